The van der Waals surface area contributed by atoms with Crippen LogP contribution in [0.2, 0.25) is 0 Å². The molecule has 0 aliphatic carbocycles. The molecule has 1 fully saturated rings. The Morgan fingerprint density at radius 3 is 2.81 bits per heavy atom. The average Bonchev–Trinajstić information content (AvgIpc) is 2.87. The lowest BCUT2D eigenvalue weighted by Crippen LogP contribution is -2.45. The molecule has 2 heterocycles. The van der Waals surface area contributed by atoms with E-state index in [0.29, 0.717) is 24.2 Å². The summed E-state index contributed by atoms with van der Waals surface area (Å²) in [6, 6.07) is 6.23. The van der Waals surface area contributed by atoms with E-state index in [0.717, 1.165) is 25.1 Å². The van der Waals surface area contributed by atoms with Crippen molar-refractivity contribution in [3.63, 3.8) is 0 Å². The molecule has 0 radical (unpaired) electrons. The third kappa shape index (κ3) is 3.46. The van der Waals surface area contributed by atoms with Crippen LogP contribution < -0.4 is 5.73 Å². The number of nitrogens with zero attached hydrogens (tertiary/aromatic N) is 3. The van der Waals surface area contributed by atoms with Gasteiger partial charge in [0.1, 0.15) is 5.82 Å². The van der Waals surface area contributed by atoms with E-state index < -0.39 is 0 Å². The van der Waals surface area contributed by atoms with Gasteiger partial charge in [-0.2, -0.15) is 4.98 Å². The number of halogens is 1. The van der Waals surface area contributed by atoms with Crippen LogP contribution in [0.25, 0.3) is 11.5 Å². The number of benzene rings is 1. The minimum Gasteiger partial charge on any atom is -0.334 e. The molecule has 1 saturated heterocycles. The second-order valence-electron chi connectivity index (χ2n) is 5.82. The lowest BCUT2D eigenvalue weighted by molar-refractivity contribution is 0.153. The SMILES string of the molecule is CC1CC(N)CN(Cc2noc(-c3ccc(F)cc3)n2)C1. The van der Waals surface area contributed by atoms with Gasteiger partial charge in [-0.1, -0.05) is 12.1 Å². The van der Waals surface area contributed by atoms with Crippen LogP contribution >= 0.6 is 0 Å². The van der Waals surface area contributed by atoms with Crippen molar-refractivity contribution in [3.8, 4) is 11.5 Å². The van der Waals surface area contributed by atoms with Crippen molar-refractivity contribution in [2.24, 2.45) is 11.7 Å². The predicted molar refractivity (Wildman–Crippen MR) is 76.7 cm³/mol. The molecule has 2 unspecified atom stereocenters. The summed E-state index contributed by atoms with van der Waals surface area (Å²) in [4.78, 5) is 6.62. The van der Waals surface area contributed by atoms with Crippen molar-refractivity contribution >= 4 is 0 Å². The molecule has 2 N–H and O–H groups in total. The third-order valence-electron chi connectivity index (χ3n) is 3.69. The maximum atomic E-state index is 12.9. The minimum absolute atomic E-state index is 0.206. The molecule has 1 aliphatic heterocycles. The number of aromatic nitrogens is 2. The van der Waals surface area contributed by atoms with Gasteiger partial charge in [-0.05, 0) is 36.6 Å². The maximum absolute atomic E-state index is 12.9. The van der Waals surface area contributed by atoms with Crippen LogP contribution in [0.15, 0.2) is 28.8 Å². The molecule has 112 valence electrons. The van der Waals surface area contributed by atoms with Gasteiger partial charge in [0.05, 0.1) is 6.54 Å². The standard InChI is InChI=1S/C15H19FN4O/c1-10-6-13(17)8-20(7-10)9-14-18-15(21-19-14)11-2-4-12(16)5-3-11/h2-5,10,13H,6-9,17H2,1H3. The molecule has 3 rings (SSSR count). The molecule has 1 aliphatic rings. The van der Waals surface area contributed by atoms with Gasteiger partial charge >= 0.3 is 0 Å². The molecule has 0 spiro atoms. The summed E-state index contributed by atoms with van der Waals surface area (Å²) in [5, 5.41) is 4.00. The summed E-state index contributed by atoms with van der Waals surface area (Å²) in [7, 11) is 0. The molecule has 0 bridgehead atoms. The Hall–Kier alpha value is -1.79. The Bertz CT molecular complexity index is 588. The highest BCUT2D eigenvalue weighted by molar-refractivity contribution is 5.52. The first-order valence-corrected chi connectivity index (χ1v) is 7.16. The van der Waals surface area contributed by atoms with Crippen molar-refractivity contribution in [3.05, 3.63) is 35.9 Å². The van der Waals surface area contributed by atoms with Gasteiger partial charge in [-0.15, -0.1) is 0 Å². The number of nitrogens with two attached hydrogens (primary N) is 1. The Kier molecular flexibility index (Phi) is 3.98. The first-order valence-electron chi connectivity index (χ1n) is 7.16. The Morgan fingerprint density at radius 2 is 2.10 bits per heavy atom. The second-order valence-corrected chi connectivity index (χ2v) is 5.82. The molecule has 2 aromatic rings. The van der Waals surface area contributed by atoms with Crippen LogP contribution in [0.3, 0.4) is 0 Å². The van der Waals surface area contributed by atoms with Gasteiger partial charge in [0, 0.05) is 24.7 Å². The summed E-state index contributed by atoms with van der Waals surface area (Å²) in [5.41, 5.74) is 6.76. The Morgan fingerprint density at radius 1 is 1.33 bits per heavy atom. The minimum atomic E-state index is -0.283. The second kappa shape index (κ2) is 5.91. The fourth-order valence-electron chi connectivity index (χ4n) is 2.87. The summed E-state index contributed by atoms with van der Waals surface area (Å²) < 4.78 is 18.1. The molecular formula is C15H19FN4O. The summed E-state index contributed by atoms with van der Waals surface area (Å²) >= 11 is 0. The van der Waals surface area contributed by atoms with Gasteiger partial charge in [0.15, 0.2) is 5.82 Å². The molecule has 1 aromatic carbocycles. The van der Waals surface area contributed by atoms with Gasteiger partial charge in [0.2, 0.25) is 0 Å². The highest BCUT2D eigenvalue weighted by Gasteiger charge is 2.23. The Labute approximate surface area is 122 Å². The monoisotopic (exact) mass is 290 g/mol. The topological polar surface area (TPSA) is 68.2 Å². The lowest BCUT2D eigenvalue weighted by atomic mass is 9.97. The fraction of sp³-hybridized carbons (Fsp3) is 0.467. The van der Waals surface area contributed by atoms with Crippen LogP contribution in [-0.4, -0.2) is 34.2 Å². The zero-order valence-electron chi connectivity index (χ0n) is 12.0. The van der Waals surface area contributed by atoms with Gasteiger partial charge in [-0.3, -0.25) is 4.90 Å². The first kappa shape index (κ1) is 14.2. The molecular weight excluding hydrogens is 271 g/mol. The van der Waals surface area contributed by atoms with Gasteiger partial charge < -0.3 is 10.3 Å². The van der Waals surface area contributed by atoms with E-state index in [2.05, 4.69) is 22.0 Å². The number of piperidine rings is 1. The Balaban J connectivity index is 1.69. The number of likely N-dealkylation sites (tertiary alicyclic amines) is 1. The molecule has 1 aromatic heterocycles. The van der Waals surface area contributed by atoms with E-state index in [1.807, 2.05) is 0 Å². The largest absolute Gasteiger partial charge is 0.334 e. The number of hydrogen-bond acceptors (Lipinski definition) is 5. The van der Waals surface area contributed by atoms with E-state index in [-0.39, 0.29) is 11.9 Å². The molecule has 5 nitrogen and oxygen atoms in total. The molecule has 0 saturated carbocycles. The van der Waals surface area contributed by atoms with E-state index in [4.69, 9.17) is 10.3 Å². The van der Waals surface area contributed by atoms with Crippen LogP contribution in [0.4, 0.5) is 4.39 Å². The van der Waals surface area contributed by atoms with E-state index >= 15 is 0 Å². The van der Waals surface area contributed by atoms with Gasteiger partial charge in [-0.25, -0.2) is 4.39 Å². The zero-order valence-corrected chi connectivity index (χ0v) is 12.0. The van der Waals surface area contributed by atoms with E-state index in [1.165, 1.54) is 12.1 Å². The molecule has 2 atom stereocenters. The van der Waals surface area contributed by atoms with Crippen LogP contribution in [-0.2, 0) is 6.54 Å². The molecule has 6 heteroatoms. The maximum Gasteiger partial charge on any atom is 0.257 e. The summed E-state index contributed by atoms with van der Waals surface area (Å²) in [5.74, 6) is 1.35. The van der Waals surface area contributed by atoms with Gasteiger partial charge in [0.25, 0.3) is 5.89 Å². The van der Waals surface area contributed by atoms with Crippen molar-refractivity contribution < 1.29 is 8.91 Å². The quantitative estimate of drug-likeness (QED) is 0.937. The number of hydrogen-bond donors (Lipinski definition) is 1. The molecule has 21 heavy (non-hydrogen) atoms. The van der Waals surface area contributed by atoms with Crippen molar-refractivity contribution in [1.82, 2.24) is 15.0 Å². The van der Waals surface area contributed by atoms with Crippen LogP contribution in [0.5, 0.6) is 0 Å². The smallest absolute Gasteiger partial charge is 0.257 e. The third-order valence-corrected chi connectivity index (χ3v) is 3.69. The predicted octanol–water partition coefficient (Wildman–Crippen LogP) is 2.04. The van der Waals surface area contributed by atoms with Crippen molar-refractivity contribution in [1.29, 1.82) is 0 Å². The lowest BCUT2D eigenvalue weighted by Gasteiger charge is -2.33. The van der Waals surface area contributed by atoms with Crippen molar-refractivity contribution in [2.45, 2.75) is 25.9 Å². The normalized spacial score (nSPS) is 23.4. The average molecular weight is 290 g/mol. The van der Waals surface area contributed by atoms with Crippen LogP contribution in [0.1, 0.15) is 19.2 Å². The highest BCUT2D eigenvalue weighted by Crippen LogP contribution is 2.20. The van der Waals surface area contributed by atoms with E-state index in [9.17, 15) is 4.39 Å². The van der Waals surface area contributed by atoms with Crippen molar-refractivity contribution in [2.75, 3.05) is 13.1 Å². The zero-order chi connectivity index (χ0) is 14.8. The molecule has 0 amide bonds. The summed E-state index contributed by atoms with van der Waals surface area (Å²) in [6.45, 7) is 4.67. The van der Waals surface area contributed by atoms with Crippen LogP contribution in [0, 0.1) is 11.7 Å². The first-order chi connectivity index (χ1) is 10.1. The highest BCUT2D eigenvalue weighted by atomic mass is 19.1. The number of rotatable bonds is 3. The summed E-state index contributed by atoms with van der Waals surface area (Å²) in [6.07, 6.45) is 1.06. The van der Waals surface area contributed by atoms with E-state index in [1.54, 1.807) is 12.1 Å². The fourth-order valence-corrected chi connectivity index (χ4v) is 2.87.